The largest absolute Gasteiger partial charge is 0.322 e. The Bertz CT molecular complexity index is 608. The fourth-order valence-electron chi connectivity index (χ4n) is 1.78. The third-order valence-electron chi connectivity index (χ3n) is 2.96. The SMILES string of the molecule is O=C(Nc1cccc(Cl)c1)c1cnc(C2CC2)nc1. The van der Waals surface area contributed by atoms with Gasteiger partial charge >= 0.3 is 0 Å². The Morgan fingerprint density at radius 3 is 2.63 bits per heavy atom. The predicted octanol–water partition coefficient (Wildman–Crippen LogP) is 3.26. The Balaban J connectivity index is 1.72. The minimum Gasteiger partial charge on any atom is -0.322 e. The van der Waals surface area contributed by atoms with Crippen LogP contribution in [0.25, 0.3) is 0 Å². The van der Waals surface area contributed by atoms with Crippen LogP contribution in [-0.2, 0) is 0 Å². The molecule has 0 aliphatic heterocycles. The third kappa shape index (κ3) is 2.90. The summed E-state index contributed by atoms with van der Waals surface area (Å²) in [5, 5.41) is 3.34. The first-order chi connectivity index (χ1) is 9.22. The first-order valence-electron chi connectivity index (χ1n) is 6.11. The number of rotatable bonds is 3. The maximum Gasteiger partial charge on any atom is 0.258 e. The van der Waals surface area contributed by atoms with Crippen LogP contribution in [-0.4, -0.2) is 15.9 Å². The van der Waals surface area contributed by atoms with Crippen LogP contribution in [0.5, 0.6) is 0 Å². The maximum atomic E-state index is 12.0. The minimum atomic E-state index is -0.232. The molecule has 1 amide bonds. The first kappa shape index (κ1) is 12.1. The number of nitrogens with zero attached hydrogens (tertiary/aromatic N) is 2. The number of hydrogen-bond donors (Lipinski definition) is 1. The summed E-state index contributed by atoms with van der Waals surface area (Å²) in [6.45, 7) is 0. The van der Waals surface area contributed by atoms with Crippen molar-refractivity contribution < 1.29 is 4.79 Å². The Labute approximate surface area is 115 Å². The molecule has 1 fully saturated rings. The Kier molecular flexibility index (Phi) is 3.17. The van der Waals surface area contributed by atoms with Gasteiger partial charge in [-0.1, -0.05) is 17.7 Å². The van der Waals surface area contributed by atoms with Gasteiger partial charge in [-0.15, -0.1) is 0 Å². The molecule has 3 rings (SSSR count). The van der Waals surface area contributed by atoms with Gasteiger partial charge in [-0.25, -0.2) is 9.97 Å². The van der Waals surface area contributed by atoms with Gasteiger partial charge in [0.2, 0.25) is 0 Å². The second-order valence-corrected chi connectivity index (χ2v) is 5.01. The Hall–Kier alpha value is -1.94. The molecule has 0 spiro atoms. The summed E-state index contributed by atoms with van der Waals surface area (Å²) in [6.07, 6.45) is 5.43. The van der Waals surface area contributed by atoms with Crippen molar-refractivity contribution in [3.63, 3.8) is 0 Å². The third-order valence-corrected chi connectivity index (χ3v) is 3.19. The molecule has 1 heterocycles. The Morgan fingerprint density at radius 1 is 1.26 bits per heavy atom. The fraction of sp³-hybridized carbons (Fsp3) is 0.214. The van der Waals surface area contributed by atoms with Crippen LogP contribution < -0.4 is 5.32 Å². The summed E-state index contributed by atoms with van der Waals surface area (Å²) in [7, 11) is 0. The number of halogens is 1. The summed E-state index contributed by atoms with van der Waals surface area (Å²) in [5.74, 6) is 1.09. The van der Waals surface area contributed by atoms with Crippen LogP contribution in [0.15, 0.2) is 36.7 Å². The lowest BCUT2D eigenvalue weighted by Gasteiger charge is -2.05. The summed E-state index contributed by atoms with van der Waals surface area (Å²) in [4.78, 5) is 20.4. The molecule has 4 nitrogen and oxygen atoms in total. The van der Waals surface area contributed by atoms with Gasteiger partial charge in [-0.05, 0) is 31.0 Å². The van der Waals surface area contributed by atoms with E-state index < -0.39 is 0 Å². The molecule has 0 bridgehead atoms. The van der Waals surface area contributed by atoms with Crippen LogP contribution in [0.4, 0.5) is 5.69 Å². The molecule has 19 heavy (non-hydrogen) atoms. The number of amides is 1. The normalized spacial score (nSPS) is 14.2. The van der Waals surface area contributed by atoms with Gasteiger partial charge in [0.05, 0.1) is 5.56 Å². The zero-order chi connectivity index (χ0) is 13.2. The highest BCUT2D eigenvalue weighted by molar-refractivity contribution is 6.30. The van der Waals surface area contributed by atoms with E-state index in [4.69, 9.17) is 11.6 Å². The van der Waals surface area contributed by atoms with E-state index in [9.17, 15) is 4.79 Å². The van der Waals surface area contributed by atoms with Crippen LogP contribution in [0.1, 0.15) is 34.9 Å². The molecule has 0 radical (unpaired) electrons. The molecule has 1 aliphatic carbocycles. The molecule has 0 saturated heterocycles. The average molecular weight is 274 g/mol. The summed E-state index contributed by atoms with van der Waals surface area (Å²) >= 11 is 5.86. The number of anilines is 1. The highest BCUT2D eigenvalue weighted by Crippen LogP contribution is 2.37. The van der Waals surface area contributed by atoms with Gasteiger partial charge in [0.15, 0.2) is 0 Å². The molecule has 0 unspecified atom stereocenters. The van der Waals surface area contributed by atoms with Gasteiger partial charge in [-0.2, -0.15) is 0 Å². The fourth-order valence-corrected chi connectivity index (χ4v) is 1.97. The van der Waals surface area contributed by atoms with E-state index in [0.29, 0.717) is 22.2 Å². The number of benzene rings is 1. The van der Waals surface area contributed by atoms with Crippen molar-refractivity contribution in [3.8, 4) is 0 Å². The zero-order valence-electron chi connectivity index (χ0n) is 10.1. The van der Waals surface area contributed by atoms with Gasteiger partial charge in [0.25, 0.3) is 5.91 Å². The lowest BCUT2D eigenvalue weighted by molar-refractivity contribution is 0.102. The molecule has 0 atom stereocenters. The van der Waals surface area contributed by atoms with Crippen LogP contribution in [0, 0.1) is 0 Å². The van der Waals surface area contributed by atoms with Crippen molar-refractivity contribution in [2.45, 2.75) is 18.8 Å². The van der Waals surface area contributed by atoms with E-state index in [1.807, 2.05) is 0 Å². The zero-order valence-corrected chi connectivity index (χ0v) is 10.9. The van der Waals surface area contributed by atoms with Crippen molar-refractivity contribution in [1.82, 2.24) is 9.97 Å². The second kappa shape index (κ2) is 4.97. The molecule has 1 aliphatic rings. The monoisotopic (exact) mass is 273 g/mol. The van der Waals surface area contributed by atoms with Crippen LogP contribution in [0.3, 0.4) is 0 Å². The second-order valence-electron chi connectivity index (χ2n) is 4.57. The van der Waals surface area contributed by atoms with Crippen LogP contribution >= 0.6 is 11.6 Å². The molecule has 1 aromatic carbocycles. The average Bonchev–Trinajstić information content (AvgIpc) is 3.23. The molecule has 5 heteroatoms. The Morgan fingerprint density at radius 2 is 2.00 bits per heavy atom. The highest BCUT2D eigenvalue weighted by Gasteiger charge is 2.26. The van der Waals surface area contributed by atoms with E-state index in [2.05, 4.69) is 15.3 Å². The van der Waals surface area contributed by atoms with E-state index >= 15 is 0 Å². The lowest BCUT2D eigenvalue weighted by Crippen LogP contribution is -2.13. The topological polar surface area (TPSA) is 54.9 Å². The van der Waals surface area contributed by atoms with Gasteiger partial charge in [0.1, 0.15) is 5.82 Å². The number of carbonyl (C=O) groups is 1. The highest BCUT2D eigenvalue weighted by atomic mass is 35.5. The van der Waals surface area contributed by atoms with Crippen molar-refractivity contribution in [3.05, 3.63) is 53.1 Å². The smallest absolute Gasteiger partial charge is 0.258 e. The molecule has 96 valence electrons. The maximum absolute atomic E-state index is 12.0. The van der Waals surface area contributed by atoms with Gasteiger partial charge in [0, 0.05) is 29.0 Å². The molecule has 1 N–H and O–H groups in total. The number of carbonyl (C=O) groups excluding carboxylic acids is 1. The minimum absolute atomic E-state index is 0.232. The van der Waals surface area contributed by atoms with E-state index in [-0.39, 0.29) is 5.91 Å². The van der Waals surface area contributed by atoms with Gasteiger partial charge in [-0.3, -0.25) is 4.79 Å². The number of hydrogen-bond acceptors (Lipinski definition) is 3. The summed E-state index contributed by atoms with van der Waals surface area (Å²) in [5.41, 5.74) is 1.10. The number of nitrogens with one attached hydrogen (secondary N) is 1. The van der Waals surface area contributed by atoms with Crippen molar-refractivity contribution in [2.75, 3.05) is 5.32 Å². The molecular formula is C14H12ClN3O. The lowest BCUT2D eigenvalue weighted by atomic mass is 10.2. The molecular weight excluding hydrogens is 262 g/mol. The predicted molar refractivity (Wildman–Crippen MR) is 73.4 cm³/mol. The molecule has 1 aromatic heterocycles. The van der Waals surface area contributed by atoms with Crippen molar-refractivity contribution in [1.29, 1.82) is 0 Å². The quantitative estimate of drug-likeness (QED) is 0.934. The van der Waals surface area contributed by atoms with E-state index in [0.717, 1.165) is 18.7 Å². The molecule has 2 aromatic rings. The summed E-state index contributed by atoms with van der Waals surface area (Å²) < 4.78 is 0. The standard InChI is InChI=1S/C14H12ClN3O/c15-11-2-1-3-12(6-11)18-14(19)10-7-16-13(17-8-10)9-4-5-9/h1-3,6-9H,4-5H2,(H,18,19). The summed E-state index contributed by atoms with van der Waals surface area (Å²) in [6, 6.07) is 7.01. The van der Waals surface area contributed by atoms with Crippen LogP contribution in [0.2, 0.25) is 5.02 Å². The van der Waals surface area contributed by atoms with Crippen molar-refractivity contribution >= 4 is 23.2 Å². The number of aromatic nitrogens is 2. The molecule has 1 saturated carbocycles. The van der Waals surface area contributed by atoms with Gasteiger partial charge < -0.3 is 5.32 Å². The van der Waals surface area contributed by atoms with Crippen molar-refractivity contribution in [2.24, 2.45) is 0 Å². The van der Waals surface area contributed by atoms with E-state index in [1.165, 1.54) is 0 Å². The first-order valence-corrected chi connectivity index (χ1v) is 6.49. The van der Waals surface area contributed by atoms with E-state index in [1.54, 1.807) is 36.7 Å².